The average molecular weight is 992 g/mol. The van der Waals surface area contributed by atoms with Crippen LogP contribution in [0, 0.1) is 17.2 Å². The second-order valence-electron chi connectivity index (χ2n) is 18.8. The standard InChI is InChI=1S/C53H48Cl2N10O6/c1-53(2,23-43-49-40-26-58-15-11-36(40)45(65(49)29-60-43)22-48(67)38-9-7-34(20-42(38)55)62-51(69)32-5-3-4-30(18-32)24-56)71-52(70)63-16-12-31(13-17-63)50(68)61-33-6-8-37(41(54)19-33)47(66)21-44-35-10-14-57-25-39(35)46-27-59-28-64(44)46/h3-11,14-15,18-20,25-29,31,44-45,47-48,66-67H,12-13,16-17,21-23H2,1-2H3,(H,61,68)(H,62,69). The van der Waals surface area contributed by atoms with Gasteiger partial charge in [-0.25, -0.2) is 14.8 Å². The fraction of sp³-hybridized carbons (Fsp3) is 0.283. The first kappa shape index (κ1) is 47.3. The molecule has 18 heteroatoms. The number of hydrogen-bond acceptors (Lipinski definition) is 11. The number of rotatable bonds is 13. The van der Waals surface area contributed by atoms with Gasteiger partial charge in [0.15, 0.2) is 0 Å². The molecule has 1 saturated heterocycles. The number of fused-ring (bicyclic) bond motifs is 6. The SMILES string of the molecule is CC(C)(Cc1ncn2c1-c1cnccc1C2CC(O)c1ccc(NC(=O)c2cccc(C#N)c2)cc1Cl)OC(=O)N1CCC(C(=O)Nc2ccc(C(O)CC3c4ccncc4-c4cncn43)c(Cl)c2)CC1. The number of aromatic nitrogens is 6. The number of aliphatic hydroxyl groups excluding tert-OH is 2. The maximum absolute atomic E-state index is 13.6. The van der Waals surface area contributed by atoms with Crippen molar-refractivity contribution < 1.29 is 29.3 Å². The minimum absolute atomic E-state index is 0.132. The number of nitrogens with one attached hydrogen (secondary N) is 2. The molecule has 0 saturated carbocycles. The molecule has 71 heavy (non-hydrogen) atoms. The van der Waals surface area contributed by atoms with Crippen LogP contribution < -0.4 is 10.6 Å². The molecule has 7 heterocycles. The van der Waals surface area contributed by atoms with Gasteiger partial charge in [-0.1, -0.05) is 41.4 Å². The number of piperidine rings is 1. The molecule has 360 valence electrons. The minimum atomic E-state index is -0.988. The van der Waals surface area contributed by atoms with Gasteiger partial charge in [-0.05, 0) is 104 Å². The van der Waals surface area contributed by atoms with Gasteiger partial charge >= 0.3 is 6.09 Å². The largest absolute Gasteiger partial charge is 0.443 e. The van der Waals surface area contributed by atoms with Gasteiger partial charge in [0.2, 0.25) is 5.91 Å². The summed E-state index contributed by atoms with van der Waals surface area (Å²) >= 11 is 13.4. The van der Waals surface area contributed by atoms with Crippen molar-refractivity contribution in [2.45, 2.75) is 75.8 Å². The van der Waals surface area contributed by atoms with Crippen LogP contribution in [-0.4, -0.2) is 80.8 Å². The normalized spacial score (nSPS) is 16.8. The van der Waals surface area contributed by atoms with Crippen LogP contribution in [0.5, 0.6) is 0 Å². The average Bonchev–Trinajstić information content (AvgIpc) is 4.14. The van der Waals surface area contributed by atoms with Gasteiger partial charge in [-0.15, -0.1) is 0 Å². The zero-order chi connectivity index (χ0) is 49.6. The van der Waals surface area contributed by atoms with E-state index in [-0.39, 0.29) is 35.4 Å². The van der Waals surface area contributed by atoms with Crippen LogP contribution in [0.1, 0.15) is 108 Å². The first-order valence-electron chi connectivity index (χ1n) is 23.3. The Hall–Kier alpha value is -7.42. The first-order chi connectivity index (χ1) is 34.2. The topological polar surface area (TPSA) is 213 Å². The van der Waals surface area contributed by atoms with E-state index >= 15 is 0 Å². The fourth-order valence-corrected chi connectivity index (χ4v) is 10.7. The lowest BCUT2D eigenvalue weighted by Crippen LogP contribution is -2.44. The highest BCUT2D eigenvalue weighted by Crippen LogP contribution is 2.47. The quantitative estimate of drug-likeness (QED) is 0.0854. The Kier molecular flexibility index (Phi) is 12.9. The summed E-state index contributed by atoms with van der Waals surface area (Å²) < 4.78 is 10.2. The third kappa shape index (κ3) is 9.49. The number of anilines is 2. The molecule has 0 aliphatic carbocycles. The number of carbonyl (C=O) groups is 3. The van der Waals surface area contributed by atoms with Gasteiger partial charge < -0.3 is 39.6 Å². The molecular weight excluding hydrogens is 944 g/mol. The van der Waals surface area contributed by atoms with Crippen LogP contribution in [0.3, 0.4) is 0 Å². The van der Waals surface area contributed by atoms with Gasteiger partial charge in [-0.2, -0.15) is 5.26 Å². The molecule has 0 radical (unpaired) electrons. The van der Waals surface area contributed by atoms with Crippen molar-refractivity contribution in [3.63, 3.8) is 0 Å². The van der Waals surface area contributed by atoms with Gasteiger partial charge in [0, 0.05) is 101 Å². The summed E-state index contributed by atoms with van der Waals surface area (Å²) in [5.74, 6) is -0.913. The van der Waals surface area contributed by atoms with Crippen molar-refractivity contribution in [1.29, 1.82) is 5.26 Å². The lowest BCUT2D eigenvalue weighted by atomic mass is 9.95. The Labute approximate surface area is 418 Å². The van der Waals surface area contributed by atoms with E-state index in [0.717, 1.165) is 33.6 Å². The molecule has 1 fully saturated rings. The number of nitriles is 1. The van der Waals surface area contributed by atoms with Crippen LogP contribution in [0.2, 0.25) is 10.0 Å². The molecule has 0 bridgehead atoms. The number of carbonyl (C=O) groups excluding carboxylic acids is 3. The maximum atomic E-state index is 13.6. The lowest BCUT2D eigenvalue weighted by Gasteiger charge is -2.34. The monoisotopic (exact) mass is 990 g/mol. The van der Waals surface area contributed by atoms with Crippen LogP contribution in [0.25, 0.3) is 22.5 Å². The molecule has 7 aromatic rings. The van der Waals surface area contributed by atoms with Gasteiger partial charge in [0.05, 0.1) is 71.9 Å². The number of pyridine rings is 2. The summed E-state index contributed by atoms with van der Waals surface area (Å²) in [6.45, 7) is 4.34. The van der Waals surface area contributed by atoms with Gasteiger partial charge in [0.25, 0.3) is 5.91 Å². The Morgan fingerprint density at radius 1 is 0.803 bits per heavy atom. The molecule has 3 aliphatic heterocycles. The summed E-state index contributed by atoms with van der Waals surface area (Å²) in [6.07, 6.45) is 11.8. The molecule has 4 unspecified atom stereocenters. The van der Waals surface area contributed by atoms with E-state index in [4.69, 9.17) is 32.9 Å². The molecule has 4 atom stereocenters. The second-order valence-corrected chi connectivity index (χ2v) is 19.6. The fourth-order valence-electron chi connectivity index (χ4n) is 10.1. The first-order valence-corrected chi connectivity index (χ1v) is 24.0. The third-order valence-corrected chi connectivity index (χ3v) is 14.3. The van der Waals surface area contributed by atoms with Crippen molar-refractivity contribution in [2.24, 2.45) is 5.92 Å². The molecular formula is C53H48Cl2N10O6. The van der Waals surface area contributed by atoms with Crippen LogP contribution in [-0.2, 0) is 16.0 Å². The maximum Gasteiger partial charge on any atom is 0.410 e. The van der Waals surface area contributed by atoms with E-state index in [1.54, 1.807) is 96.9 Å². The minimum Gasteiger partial charge on any atom is -0.443 e. The van der Waals surface area contributed by atoms with E-state index < -0.39 is 29.8 Å². The lowest BCUT2D eigenvalue weighted by molar-refractivity contribution is -0.121. The number of imidazole rings is 2. The highest BCUT2D eigenvalue weighted by atomic mass is 35.5. The van der Waals surface area contributed by atoms with E-state index in [1.807, 2.05) is 47.4 Å². The Balaban J connectivity index is 0.727. The van der Waals surface area contributed by atoms with Gasteiger partial charge in [0.1, 0.15) is 5.60 Å². The number of benzene rings is 3. The molecule has 3 aromatic carbocycles. The predicted molar refractivity (Wildman–Crippen MR) is 266 cm³/mol. The van der Waals surface area contributed by atoms with E-state index in [2.05, 4.69) is 25.6 Å². The molecule has 0 spiro atoms. The molecule has 16 nitrogen and oxygen atoms in total. The number of aliphatic hydroxyl groups is 2. The highest BCUT2D eigenvalue weighted by molar-refractivity contribution is 6.32. The summed E-state index contributed by atoms with van der Waals surface area (Å²) in [5, 5.41) is 38.6. The summed E-state index contributed by atoms with van der Waals surface area (Å²) in [4.78, 5) is 59.3. The summed E-state index contributed by atoms with van der Waals surface area (Å²) in [5.41, 5.74) is 8.06. The summed E-state index contributed by atoms with van der Waals surface area (Å²) in [7, 11) is 0. The number of likely N-dealkylation sites (tertiary alicyclic amines) is 1. The third-order valence-electron chi connectivity index (χ3n) is 13.6. The number of amides is 3. The smallest absolute Gasteiger partial charge is 0.410 e. The highest BCUT2D eigenvalue weighted by Gasteiger charge is 2.38. The van der Waals surface area contributed by atoms with Crippen molar-refractivity contribution in [3.05, 3.63) is 166 Å². The number of hydrogen-bond donors (Lipinski definition) is 4. The van der Waals surface area contributed by atoms with Crippen molar-refractivity contribution >= 4 is 52.5 Å². The molecule has 3 aliphatic rings. The number of nitrogens with zero attached hydrogens (tertiary/aromatic N) is 8. The Morgan fingerprint density at radius 3 is 2.10 bits per heavy atom. The van der Waals surface area contributed by atoms with E-state index in [9.17, 15) is 29.9 Å². The van der Waals surface area contributed by atoms with Crippen molar-refractivity contribution in [2.75, 3.05) is 23.7 Å². The number of ether oxygens (including phenoxy) is 1. The summed E-state index contributed by atoms with van der Waals surface area (Å²) in [6, 6.07) is 21.9. The zero-order valence-corrected chi connectivity index (χ0v) is 40.2. The van der Waals surface area contributed by atoms with E-state index in [0.29, 0.717) is 83.1 Å². The molecule has 3 amide bonds. The Morgan fingerprint density at radius 2 is 1.44 bits per heavy atom. The van der Waals surface area contributed by atoms with Crippen molar-refractivity contribution in [3.8, 4) is 28.6 Å². The molecule has 10 rings (SSSR count). The van der Waals surface area contributed by atoms with Crippen LogP contribution in [0.4, 0.5) is 16.2 Å². The van der Waals surface area contributed by atoms with Crippen molar-refractivity contribution in [1.82, 2.24) is 34.0 Å². The Bertz CT molecular complexity index is 3250. The van der Waals surface area contributed by atoms with Gasteiger partial charge in [-0.3, -0.25) is 19.6 Å². The zero-order valence-electron chi connectivity index (χ0n) is 38.7. The molecule has 4 aromatic heterocycles. The number of halogens is 2. The van der Waals surface area contributed by atoms with Crippen LogP contribution >= 0.6 is 23.2 Å². The van der Waals surface area contributed by atoms with E-state index in [1.165, 1.54) is 6.07 Å². The predicted octanol–water partition coefficient (Wildman–Crippen LogP) is 9.50. The van der Waals surface area contributed by atoms with Crippen LogP contribution in [0.15, 0.2) is 116 Å². The molecule has 4 N–H and O–H groups in total. The second kappa shape index (κ2) is 19.4.